The summed E-state index contributed by atoms with van der Waals surface area (Å²) in [5.74, 6) is 0.919. The van der Waals surface area contributed by atoms with Gasteiger partial charge < -0.3 is 20.0 Å². The molecule has 0 spiro atoms. The van der Waals surface area contributed by atoms with E-state index in [0.29, 0.717) is 0 Å². The van der Waals surface area contributed by atoms with Gasteiger partial charge in [-0.05, 0) is 52.6 Å². The Morgan fingerprint density at radius 2 is 1.44 bits per heavy atom. The highest BCUT2D eigenvalue weighted by atomic mass is 16.3. The molecule has 2 aromatic heterocycles. The minimum Gasteiger partial charge on any atom is -0.454 e. The molecule has 3 aliphatic heterocycles. The molecule has 2 N–H and O–H groups in total. The first-order valence-electron chi connectivity index (χ1n) is 17.1. The van der Waals surface area contributed by atoms with Gasteiger partial charge in [0.05, 0.1) is 40.0 Å². The molecule has 236 valence electrons. The predicted octanol–water partition coefficient (Wildman–Crippen LogP) is 11.7. The Labute approximate surface area is 289 Å². The van der Waals surface area contributed by atoms with Gasteiger partial charge in [0.2, 0.25) is 0 Å². The van der Waals surface area contributed by atoms with Crippen molar-refractivity contribution in [2.45, 2.75) is 12.2 Å². The average Bonchev–Trinajstić information content (AvgIpc) is 3.77. The Hall–Kier alpha value is -6.59. The zero-order valence-corrected chi connectivity index (χ0v) is 27.0. The summed E-state index contributed by atoms with van der Waals surface area (Å²) in [7, 11) is 0. The number of nitrogens with zero attached hydrogens (tertiary/aromatic N) is 2. The van der Waals surface area contributed by atoms with Crippen molar-refractivity contribution in [2.24, 2.45) is 0 Å². The van der Waals surface area contributed by atoms with Crippen molar-refractivity contribution in [3.05, 3.63) is 168 Å². The van der Waals surface area contributed by atoms with Gasteiger partial charge >= 0.3 is 0 Å². The molecule has 50 heavy (non-hydrogen) atoms. The number of hydrogen-bond donors (Lipinski definition) is 2. The molecule has 0 aliphatic carbocycles. The van der Waals surface area contributed by atoms with Gasteiger partial charge in [-0.2, -0.15) is 0 Å². The van der Waals surface area contributed by atoms with Gasteiger partial charge in [0.15, 0.2) is 5.76 Å². The first-order valence-corrected chi connectivity index (χ1v) is 17.1. The molecule has 2 unspecified atom stereocenters. The summed E-state index contributed by atoms with van der Waals surface area (Å²) >= 11 is 0. The van der Waals surface area contributed by atoms with E-state index in [1.165, 1.54) is 11.1 Å². The normalized spacial score (nSPS) is 16.6. The predicted molar refractivity (Wildman–Crippen MR) is 205 cm³/mol. The van der Waals surface area contributed by atoms with E-state index in [1.54, 1.807) is 0 Å². The van der Waals surface area contributed by atoms with E-state index in [0.717, 1.165) is 83.9 Å². The van der Waals surface area contributed by atoms with Crippen LogP contribution in [0.2, 0.25) is 0 Å². The Morgan fingerprint density at radius 1 is 0.660 bits per heavy atom. The topological polar surface area (TPSA) is 53.3 Å². The van der Waals surface area contributed by atoms with Crippen LogP contribution in [-0.2, 0) is 0 Å². The number of hydrogen-bond acceptors (Lipinski definition) is 5. The van der Waals surface area contributed by atoms with E-state index in [1.807, 2.05) is 0 Å². The molecule has 0 bridgehead atoms. The zero-order chi connectivity index (χ0) is 32.8. The standard InChI is InChI=1S/C45H30N4O/c1-2-8-28(9-3-1)36-23-20-30-18-19-31-21-24-37(47-42(31)41(30)46-36)29-16-14-27(15-17-29)32-22-25-40-35(26-32)43-44(50-40)33-10-4-5-11-34(33)45-48-38-12-6-7-13-39(38)49(43)45/h1-26,36,45-46,48H. The second kappa shape index (κ2) is 10.5. The molecule has 5 heteroatoms. The van der Waals surface area contributed by atoms with Crippen molar-refractivity contribution in [3.63, 3.8) is 0 Å². The maximum atomic E-state index is 6.63. The molecule has 0 fully saturated rings. The molecular weight excluding hydrogens is 613 g/mol. The Bertz CT molecular complexity index is 2670. The van der Waals surface area contributed by atoms with Gasteiger partial charge in [0.1, 0.15) is 11.7 Å². The minimum absolute atomic E-state index is 0.00958. The quantitative estimate of drug-likeness (QED) is 0.201. The molecule has 3 aliphatic rings. The van der Waals surface area contributed by atoms with Crippen LogP contribution < -0.4 is 15.5 Å². The molecule has 11 rings (SSSR count). The van der Waals surface area contributed by atoms with Gasteiger partial charge in [-0.15, -0.1) is 0 Å². The smallest absolute Gasteiger partial charge is 0.159 e. The van der Waals surface area contributed by atoms with Crippen LogP contribution in [0.1, 0.15) is 28.9 Å². The highest BCUT2D eigenvalue weighted by Gasteiger charge is 2.40. The van der Waals surface area contributed by atoms with E-state index < -0.39 is 0 Å². The molecule has 5 nitrogen and oxygen atoms in total. The lowest BCUT2D eigenvalue weighted by Crippen LogP contribution is -2.27. The number of aromatic nitrogens is 1. The van der Waals surface area contributed by atoms with Crippen LogP contribution in [0.5, 0.6) is 0 Å². The average molecular weight is 643 g/mol. The summed E-state index contributed by atoms with van der Waals surface area (Å²) in [6, 6.07) is 51.7. The van der Waals surface area contributed by atoms with E-state index in [9.17, 15) is 0 Å². The third kappa shape index (κ3) is 4.04. The van der Waals surface area contributed by atoms with E-state index in [-0.39, 0.29) is 12.2 Å². The monoisotopic (exact) mass is 642 g/mol. The third-order valence-electron chi connectivity index (χ3n) is 10.5. The van der Waals surface area contributed by atoms with E-state index in [4.69, 9.17) is 9.40 Å². The summed E-state index contributed by atoms with van der Waals surface area (Å²) in [6.45, 7) is 0. The summed E-state index contributed by atoms with van der Waals surface area (Å²) < 4.78 is 6.63. The maximum absolute atomic E-state index is 6.63. The highest BCUT2D eigenvalue weighted by Crippen LogP contribution is 2.57. The fraction of sp³-hybridized carbons (Fsp3) is 0.0444. The zero-order valence-electron chi connectivity index (χ0n) is 27.0. The maximum Gasteiger partial charge on any atom is 0.159 e. The summed E-state index contributed by atoms with van der Waals surface area (Å²) in [5.41, 5.74) is 15.4. The van der Waals surface area contributed by atoms with Gasteiger partial charge in [-0.1, -0.05) is 127 Å². The number of nitrogens with one attached hydrogen (secondary N) is 2. The van der Waals surface area contributed by atoms with Crippen molar-refractivity contribution in [2.75, 3.05) is 15.5 Å². The van der Waals surface area contributed by atoms with Crippen LogP contribution in [0.15, 0.2) is 156 Å². The molecular formula is C45H30N4O. The van der Waals surface area contributed by atoms with Gasteiger partial charge in [0.25, 0.3) is 0 Å². The number of benzene rings is 6. The largest absolute Gasteiger partial charge is 0.454 e. The summed E-state index contributed by atoms with van der Waals surface area (Å²) in [4.78, 5) is 7.62. The molecule has 8 aromatic rings. The first-order chi connectivity index (χ1) is 24.8. The number of furan rings is 1. The molecule has 0 amide bonds. The fourth-order valence-electron chi connectivity index (χ4n) is 8.00. The Kier molecular flexibility index (Phi) is 5.72. The van der Waals surface area contributed by atoms with Gasteiger partial charge in [-0.3, -0.25) is 0 Å². The molecule has 5 heterocycles. The molecule has 2 atom stereocenters. The van der Waals surface area contributed by atoms with Gasteiger partial charge in [-0.25, -0.2) is 4.98 Å². The van der Waals surface area contributed by atoms with Crippen molar-refractivity contribution in [1.82, 2.24) is 4.98 Å². The molecule has 0 saturated carbocycles. The van der Waals surface area contributed by atoms with Crippen molar-refractivity contribution in [3.8, 4) is 33.7 Å². The van der Waals surface area contributed by atoms with Crippen LogP contribution in [0.3, 0.4) is 0 Å². The first kappa shape index (κ1) is 27.4. The summed E-state index contributed by atoms with van der Waals surface area (Å²) in [6.07, 6.45) is 4.44. The third-order valence-corrected chi connectivity index (χ3v) is 10.5. The molecule has 0 saturated heterocycles. The minimum atomic E-state index is 0.00958. The number of rotatable bonds is 3. The Balaban J connectivity index is 0.968. The van der Waals surface area contributed by atoms with Crippen LogP contribution >= 0.6 is 0 Å². The number of anilines is 4. The second-order valence-electron chi connectivity index (χ2n) is 13.3. The Morgan fingerprint density at radius 3 is 2.36 bits per heavy atom. The fourth-order valence-corrected chi connectivity index (χ4v) is 8.00. The number of para-hydroxylation sites is 2. The van der Waals surface area contributed by atoms with Crippen LogP contribution in [0.25, 0.3) is 61.7 Å². The second-order valence-corrected chi connectivity index (χ2v) is 13.3. The SMILES string of the molecule is C1=CC(c2ccccc2)Nc2c1ccc1ccc(-c3ccc(-c4ccc5oc6c(c5c4)N4c5ccccc5NC4c4ccccc4-6)cc3)nc21. The molecule has 6 aromatic carbocycles. The van der Waals surface area contributed by atoms with Gasteiger partial charge in [0, 0.05) is 27.5 Å². The molecule has 0 radical (unpaired) electrons. The van der Waals surface area contributed by atoms with Crippen molar-refractivity contribution in [1.29, 1.82) is 0 Å². The van der Waals surface area contributed by atoms with Crippen molar-refractivity contribution < 1.29 is 4.42 Å². The van der Waals surface area contributed by atoms with Crippen LogP contribution in [-0.4, -0.2) is 4.98 Å². The number of fused-ring (bicyclic) bond motifs is 13. The number of pyridine rings is 1. The van der Waals surface area contributed by atoms with E-state index >= 15 is 0 Å². The van der Waals surface area contributed by atoms with Crippen LogP contribution in [0, 0.1) is 0 Å². The highest BCUT2D eigenvalue weighted by molar-refractivity contribution is 6.07. The lowest BCUT2D eigenvalue weighted by molar-refractivity contribution is 0.622. The van der Waals surface area contributed by atoms with Crippen LogP contribution in [0.4, 0.5) is 22.7 Å². The van der Waals surface area contributed by atoms with E-state index in [2.05, 4.69) is 173 Å². The summed E-state index contributed by atoms with van der Waals surface area (Å²) in [5, 5.41) is 9.75. The lowest BCUT2D eigenvalue weighted by Gasteiger charge is -2.32. The lowest BCUT2D eigenvalue weighted by atomic mass is 9.95. The van der Waals surface area contributed by atoms with Crippen molar-refractivity contribution >= 4 is 50.7 Å².